The third kappa shape index (κ3) is 2.79. The molecular weight excluding hydrogens is 278 g/mol. The van der Waals surface area contributed by atoms with E-state index in [1.807, 2.05) is 53.4 Å². The van der Waals surface area contributed by atoms with E-state index in [-0.39, 0.29) is 11.9 Å². The van der Waals surface area contributed by atoms with Gasteiger partial charge in [-0.3, -0.25) is 4.79 Å². The summed E-state index contributed by atoms with van der Waals surface area (Å²) in [6, 6.07) is 14.9. The van der Waals surface area contributed by atoms with E-state index in [4.69, 9.17) is 0 Å². The number of carbonyl (C=O) groups excluding carboxylic acids is 2. The highest BCUT2D eigenvalue weighted by Gasteiger charge is 2.26. The highest BCUT2D eigenvalue weighted by molar-refractivity contribution is 5.98. The zero-order chi connectivity index (χ0) is 15.5. The topological polar surface area (TPSA) is 61.4 Å². The minimum atomic E-state index is -0.252. The molecule has 0 aromatic heterocycles. The molecule has 2 aromatic carbocycles. The Balaban J connectivity index is 1.67. The first kappa shape index (κ1) is 14.1. The van der Waals surface area contributed by atoms with Crippen LogP contribution >= 0.6 is 0 Å². The van der Waals surface area contributed by atoms with Crippen molar-refractivity contribution in [3.63, 3.8) is 0 Å². The van der Waals surface area contributed by atoms with Crippen molar-refractivity contribution in [1.82, 2.24) is 10.2 Å². The molecule has 0 bridgehead atoms. The monoisotopic (exact) mass is 295 g/mol. The van der Waals surface area contributed by atoms with Gasteiger partial charge in [0.2, 0.25) is 0 Å². The molecule has 2 aromatic rings. The summed E-state index contributed by atoms with van der Waals surface area (Å²) >= 11 is 0. The highest BCUT2D eigenvalue weighted by atomic mass is 16.2. The molecule has 0 radical (unpaired) electrons. The van der Waals surface area contributed by atoms with Crippen LogP contribution in [0.15, 0.2) is 48.5 Å². The third-order valence-electron chi connectivity index (χ3n) is 3.71. The lowest BCUT2D eigenvalue weighted by Crippen LogP contribution is -2.24. The number of nitrogens with zero attached hydrogens (tertiary/aromatic N) is 1. The Bertz CT molecular complexity index is 710. The van der Waals surface area contributed by atoms with Crippen molar-refractivity contribution in [3.8, 4) is 0 Å². The molecule has 0 atom stereocenters. The van der Waals surface area contributed by atoms with E-state index < -0.39 is 0 Å². The molecular formula is C17H17N3O2. The fourth-order valence-corrected chi connectivity index (χ4v) is 2.55. The van der Waals surface area contributed by atoms with Gasteiger partial charge in [-0.1, -0.05) is 30.3 Å². The first-order chi connectivity index (χ1) is 10.7. The van der Waals surface area contributed by atoms with Gasteiger partial charge in [0.05, 0.1) is 0 Å². The first-order valence-corrected chi connectivity index (χ1v) is 7.12. The SMILES string of the molecule is CNC(=O)Nc1ccc(CN2Cc3ccccc3C2=O)cc1. The number of benzene rings is 2. The number of anilines is 1. The maximum atomic E-state index is 12.3. The van der Waals surface area contributed by atoms with Gasteiger partial charge in [-0.2, -0.15) is 0 Å². The van der Waals surface area contributed by atoms with E-state index in [2.05, 4.69) is 10.6 Å². The minimum Gasteiger partial charge on any atom is -0.341 e. The van der Waals surface area contributed by atoms with Crippen LogP contribution in [0.25, 0.3) is 0 Å². The van der Waals surface area contributed by atoms with E-state index in [9.17, 15) is 9.59 Å². The van der Waals surface area contributed by atoms with Crippen molar-refractivity contribution in [3.05, 3.63) is 65.2 Å². The maximum Gasteiger partial charge on any atom is 0.318 e. The molecule has 5 nitrogen and oxygen atoms in total. The number of urea groups is 1. The standard InChI is InChI=1S/C17H17N3O2/c1-18-17(22)19-14-8-6-12(7-9-14)10-20-11-13-4-2-3-5-15(13)16(20)21/h2-9H,10-11H2,1H3,(H2,18,19,22). The second kappa shape index (κ2) is 5.89. The predicted octanol–water partition coefficient (Wildman–Crippen LogP) is 2.59. The first-order valence-electron chi connectivity index (χ1n) is 7.12. The van der Waals surface area contributed by atoms with Gasteiger partial charge in [-0.05, 0) is 29.3 Å². The number of carbonyl (C=O) groups is 2. The Morgan fingerprint density at radius 3 is 2.55 bits per heavy atom. The second-order valence-corrected chi connectivity index (χ2v) is 5.22. The fourth-order valence-electron chi connectivity index (χ4n) is 2.55. The quantitative estimate of drug-likeness (QED) is 0.914. The molecule has 0 spiro atoms. The van der Waals surface area contributed by atoms with Crippen molar-refractivity contribution in [2.75, 3.05) is 12.4 Å². The Morgan fingerprint density at radius 1 is 1.14 bits per heavy atom. The average molecular weight is 295 g/mol. The number of nitrogens with one attached hydrogen (secondary N) is 2. The van der Waals surface area contributed by atoms with Gasteiger partial charge >= 0.3 is 6.03 Å². The van der Waals surface area contributed by atoms with Crippen LogP contribution in [0.1, 0.15) is 21.5 Å². The predicted molar refractivity (Wildman–Crippen MR) is 84.5 cm³/mol. The van der Waals surface area contributed by atoms with Gasteiger partial charge in [0.15, 0.2) is 0 Å². The summed E-state index contributed by atoms with van der Waals surface area (Å²) in [5.74, 6) is 0.0724. The molecule has 3 rings (SSSR count). The lowest BCUT2D eigenvalue weighted by atomic mass is 10.1. The molecule has 2 N–H and O–H groups in total. The van der Waals surface area contributed by atoms with Crippen molar-refractivity contribution in [2.45, 2.75) is 13.1 Å². The summed E-state index contributed by atoms with van der Waals surface area (Å²) in [6.45, 7) is 1.21. The Hall–Kier alpha value is -2.82. The van der Waals surface area contributed by atoms with Crippen LogP contribution in [-0.2, 0) is 13.1 Å². The smallest absolute Gasteiger partial charge is 0.318 e. The van der Waals surface area contributed by atoms with Crippen molar-refractivity contribution < 1.29 is 9.59 Å². The Morgan fingerprint density at radius 2 is 1.86 bits per heavy atom. The molecule has 0 fully saturated rings. The molecule has 22 heavy (non-hydrogen) atoms. The summed E-state index contributed by atoms with van der Waals surface area (Å²) in [5.41, 5.74) is 3.62. The normalized spacial score (nSPS) is 13.0. The highest BCUT2D eigenvalue weighted by Crippen LogP contribution is 2.24. The molecule has 0 aliphatic carbocycles. The summed E-state index contributed by atoms with van der Waals surface area (Å²) < 4.78 is 0. The van der Waals surface area contributed by atoms with E-state index in [0.29, 0.717) is 13.1 Å². The molecule has 1 heterocycles. The zero-order valence-electron chi connectivity index (χ0n) is 12.3. The van der Waals surface area contributed by atoms with Crippen molar-refractivity contribution >= 4 is 17.6 Å². The number of fused-ring (bicyclic) bond motifs is 1. The lowest BCUT2D eigenvalue weighted by Gasteiger charge is -2.16. The van der Waals surface area contributed by atoms with Gasteiger partial charge < -0.3 is 15.5 Å². The van der Waals surface area contributed by atoms with Crippen LogP contribution in [0.4, 0.5) is 10.5 Å². The third-order valence-corrected chi connectivity index (χ3v) is 3.71. The summed E-state index contributed by atoms with van der Waals surface area (Å²) in [7, 11) is 1.57. The van der Waals surface area contributed by atoms with Gasteiger partial charge in [-0.25, -0.2) is 4.79 Å². The minimum absolute atomic E-state index is 0.0724. The molecule has 1 aliphatic rings. The maximum absolute atomic E-state index is 12.3. The largest absolute Gasteiger partial charge is 0.341 e. The van der Waals surface area contributed by atoms with Crippen LogP contribution in [-0.4, -0.2) is 23.9 Å². The van der Waals surface area contributed by atoms with E-state index in [0.717, 1.165) is 22.4 Å². The number of hydrogen-bond donors (Lipinski definition) is 2. The van der Waals surface area contributed by atoms with Crippen molar-refractivity contribution in [2.24, 2.45) is 0 Å². The average Bonchev–Trinajstić information content (AvgIpc) is 2.86. The summed E-state index contributed by atoms with van der Waals surface area (Å²) in [5, 5.41) is 5.20. The zero-order valence-corrected chi connectivity index (χ0v) is 12.3. The van der Waals surface area contributed by atoms with Gasteiger partial charge in [0.25, 0.3) is 5.91 Å². The van der Waals surface area contributed by atoms with Crippen molar-refractivity contribution in [1.29, 1.82) is 0 Å². The Labute approximate surface area is 128 Å². The lowest BCUT2D eigenvalue weighted by molar-refractivity contribution is 0.0766. The van der Waals surface area contributed by atoms with Gasteiger partial charge in [0, 0.05) is 31.4 Å². The molecule has 112 valence electrons. The van der Waals surface area contributed by atoms with E-state index >= 15 is 0 Å². The molecule has 3 amide bonds. The molecule has 0 saturated heterocycles. The molecule has 0 unspecified atom stereocenters. The van der Waals surface area contributed by atoms with Crippen LogP contribution < -0.4 is 10.6 Å². The number of rotatable bonds is 3. The molecule has 1 aliphatic heterocycles. The summed E-state index contributed by atoms with van der Waals surface area (Å²) in [4.78, 5) is 25.4. The van der Waals surface area contributed by atoms with Crippen LogP contribution in [0.5, 0.6) is 0 Å². The van der Waals surface area contributed by atoms with Crippen LogP contribution in [0.2, 0.25) is 0 Å². The van der Waals surface area contributed by atoms with E-state index in [1.165, 1.54) is 0 Å². The molecule has 5 heteroatoms. The van der Waals surface area contributed by atoms with E-state index in [1.54, 1.807) is 7.05 Å². The summed E-state index contributed by atoms with van der Waals surface area (Å²) in [6.07, 6.45) is 0. The van der Waals surface area contributed by atoms with Gasteiger partial charge in [-0.15, -0.1) is 0 Å². The fraction of sp³-hybridized carbons (Fsp3) is 0.176. The number of hydrogen-bond acceptors (Lipinski definition) is 2. The van der Waals surface area contributed by atoms with Crippen LogP contribution in [0, 0.1) is 0 Å². The Kier molecular flexibility index (Phi) is 3.78. The second-order valence-electron chi connectivity index (χ2n) is 5.22. The number of amides is 3. The van der Waals surface area contributed by atoms with Gasteiger partial charge in [0.1, 0.15) is 0 Å². The van der Waals surface area contributed by atoms with Crippen LogP contribution in [0.3, 0.4) is 0 Å². The molecule has 0 saturated carbocycles.